The highest BCUT2D eigenvalue weighted by molar-refractivity contribution is 7.17. The molecule has 1 fully saturated rings. The summed E-state index contributed by atoms with van der Waals surface area (Å²) in [6, 6.07) is 7.98. The zero-order valence-corrected chi connectivity index (χ0v) is 19.2. The van der Waals surface area contributed by atoms with Crippen molar-refractivity contribution in [3.8, 4) is 16.3 Å². The summed E-state index contributed by atoms with van der Waals surface area (Å²) in [7, 11) is 0. The monoisotopic (exact) mass is 445 g/mol. The minimum atomic E-state index is -0.0650. The van der Waals surface area contributed by atoms with Gasteiger partial charge in [0.15, 0.2) is 0 Å². The van der Waals surface area contributed by atoms with E-state index in [1.807, 2.05) is 43.0 Å². The van der Waals surface area contributed by atoms with Crippen LogP contribution in [0.4, 0.5) is 0 Å². The summed E-state index contributed by atoms with van der Waals surface area (Å²) in [4.78, 5) is 20.3. The van der Waals surface area contributed by atoms with Gasteiger partial charge in [-0.25, -0.2) is 4.98 Å². The Balaban J connectivity index is 0.00000196. The van der Waals surface area contributed by atoms with E-state index in [-0.39, 0.29) is 42.2 Å². The Bertz CT molecular complexity index is 793. The number of ether oxygens (including phenoxy) is 1. The second kappa shape index (κ2) is 9.92. The number of carbonyl (C=O) groups is 1. The molecular formula is C20H29Cl2N3O2S. The van der Waals surface area contributed by atoms with Gasteiger partial charge in [-0.15, -0.1) is 36.2 Å². The number of aryl methyl sites for hydroxylation is 1. The number of piperidine rings is 1. The lowest BCUT2D eigenvalue weighted by Gasteiger charge is -2.42. The molecule has 0 bridgehead atoms. The van der Waals surface area contributed by atoms with Crippen LogP contribution in [0.15, 0.2) is 24.3 Å². The Kier molecular flexibility index (Phi) is 8.75. The molecule has 1 unspecified atom stereocenters. The van der Waals surface area contributed by atoms with Crippen molar-refractivity contribution in [1.82, 2.24) is 9.88 Å². The number of amides is 1. The molecular weight excluding hydrogens is 417 g/mol. The number of nitrogens with two attached hydrogens (primary N) is 1. The minimum absolute atomic E-state index is 0. The average Bonchev–Trinajstić information content (AvgIpc) is 2.99. The van der Waals surface area contributed by atoms with Gasteiger partial charge in [0.25, 0.3) is 5.91 Å². The largest absolute Gasteiger partial charge is 0.494 e. The van der Waals surface area contributed by atoms with E-state index in [0.717, 1.165) is 33.3 Å². The third kappa shape index (κ3) is 5.17. The number of aromatic nitrogens is 1. The maximum atomic E-state index is 13.0. The van der Waals surface area contributed by atoms with Crippen LogP contribution >= 0.6 is 36.2 Å². The van der Waals surface area contributed by atoms with E-state index in [9.17, 15) is 4.79 Å². The third-order valence-corrected chi connectivity index (χ3v) is 6.20. The van der Waals surface area contributed by atoms with Crippen LogP contribution in [0.2, 0.25) is 0 Å². The summed E-state index contributed by atoms with van der Waals surface area (Å²) < 4.78 is 5.48. The fourth-order valence-electron chi connectivity index (χ4n) is 3.27. The van der Waals surface area contributed by atoms with Gasteiger partial charge in [-0.1, -0.05) is 13.8 Å². The summed E-state index contributed by atoms with van der Waals surface area (Å²) >= 11 is 1.46. The molecule has 3 rings (SSSR count). The van der Waals surface area contributed by atoms with E-state index in [1.54, 1.807) is 0 Å². The van der Waals surface area contributed by atoms with Crippen molar-refractivity contribution in [1.29, 1.82) is 0 Å². The molecule has 1 aliphatic heterocycles. The molecule has 0 radical (unpaired) electrons. The smallest absolute Gasteiger partial charge is 0.265 e. The van der Waals surface area contributed by atoms with Crippen LogP contribution in [0.3, 0.4) is 0 Å². The molecule has 2 N–H and O–H groups in total. The highest BCUT2D eigenvalue weighted by Gasteiger charge is 2.36. The minimum Gasteiger partial charge on any atom is -0.494 e. The molecule has 5 nitrogen and oxygen atoms in total. The van der Waals surface area contributed by atoms with Crippen molar-refractivity contribution in [3.63, 3.8) is 0 Å². The lowest BCUT2D eigenvalue weighted by atomic mass is 9.79. The van der Waals surface area contributed by atoms with Gasteiger partial charge in [0.1, 0.15) is 15.6 Å². The maximum absolute atomic E-state index is 13.0. The molecule has 0 spiro atoms. The van der Waals surface area contributed by atoms with Gasteiger partial charge < -0.3 is 15.4 Å². The Morgan fingerprint density at radius 3 is 2.54 bits per heavy atom. The number of thiazole rings is 1. The number of rotatable bonds is 4. The third-order valence-electron chi connectivity index (χ3n) is 5.00. The van der Waals surface area contributed by atoms with Gasteiger partial charge in [-0.05, 0) is 49.9 Å². The van der Waals surface area contributed by atoms with Crippen molar-refractivity contribution < 1.29 is 9.53 Å². The Hall–Kier alpha value is -1.34. The van der Waals surface area contributed by atoms with Crippen molar-refractivity contribution in [2.75, 3.05) is 19.7 Å². The van der Waals surface area contributed by atoms with Crippen LogP contribution in [0.5, 0.6) is 5.75 Å². The summed E-state index contributed by atoms with van der Waals surface area (Å²) in [6.45, 7) is 10.2. The first-order valence-corrected chi connectivity index (χ1v) is 9.89. The van der Waals surface area contributed by atoms with Crippen molar-refractivity contribution in [3.05, 3.63) is 34.8 Å². The SMILES string of the molecule is CCOc1ccc(-c2nc(C)c(C(=O)N3CCC(N)C(C)(C)C3)s2)cc1.Cl.Cl. The van der Waals surface area contributed by atoms with Gasteiger partial charge in [0.05, 0.1) is 12.3 Å². The number of hydrogen-bond acceptors (Lipinski definition) is 5. The van der Waals surface area contributed by atoms with E-state index in [2.05, 4.69) is 18.8 Å². The van der Waals surface area contributed by atoms with E-state index < -0.39 is 0 Å². The van der Waals surface area contributed by atoms with Gasteiger partial charge in [0, 0.05) is 24.7 Å². The predicted octanol–water partition coefficient (Wildman–Crippen LogP) is 4.56. The zero-order valence-electron chi connectivity index (χ0n) is 16.7. The lowest BCUT2D eigenvalue weighted by Crippen LogP contribution is -2.53. The van der Waals surface area contributed by atoms with Crippen LogP contribution in [0.1, 0.15) is 42.6 Å². The van der Waals surface area contributed by atoms with Crippen LogP contribution in [0, 0.1) is 12.3 Å². The Morgan fingerprint density at radius 1 is 1.32 bits per heavy atom. The number of halogens is 2. The highest BCUT2D eigenvalue weighted by atomic mass is 35.5. The van der Waals surface area contributed by atoms with E-state index >= 15 is 0 Å². The van der Waals surface area contributed by atoms with Gasteiger partial charge in [-0.2, -0.15) is 0 Å². The molecule has 1 atom stereocenters. The Morgan fingerprint density at radius 2 is 1.96 bits per heavy atom. The van der Waals surface area contributed by atoms with E-state index in [1.165, 1.54) is 11.3 Å². The second-order valence-corrected chi connectivity index (χ2v) is 8.50. The highest BCUT2D eigenvalue weighted by Crippen LogP contribution is 2.33. The molecule has 1 aromatic carbocycles. The summed E-state index contributed by atoms with van der Waals surface area (Å²) in [5.41, 5.74) is 7.92. The normalized spacial score (nSPS) is 18.0. The van der Waals surface area contributed by atoms with Gasteiger partial charge >= 0.3 is 0 Å². The standard InChI is InChI=1S/C20H27N3O2S.2ClH/c1-5-25-15-8-6-14(7-9-15)18-22-13(2)17(26-18)19(24)23-11-10-16(21)20(3,4)12-23;;/h6-9,16H,5,10-12,21H2,1-4H3;2*1H. The molecule has 2 aromatic rings. The zero-order chi connectivity index (χ0) is 18.9. The number of hydrogen-bond donors (Lipinski definition) is 1. The molecule has 1 amide bonds. The molecule has 156 valence electrons. The molecule has 0 aliphatic carbocycles. The fraction of sp³-hybridized carbons (Fsp3) is 0.500. The first-order valence-electron chi connectivity index (χ1n) is 9.07. The summed E-state index contributed by atoms with van der Waals surface area (Å²) in [5, 5.41) is 0.863. The number of benzene rings is 1. The summed E-state index contributed by atoms with van der Waals surface area (Å²) in [5.74, 6) is 0.907. The number of carbonyl (C=O) groups excluding carboxylic acids is 1. The van der Waals surface area contributed by atoms with Crippen molar-refractivity contribution in [2.45, 2.75) is 40.2 Å². The number of likely N-dealkylation sites (tertiary alicyclic amines) is 1. The fourth-order valence-corrected chi connectivity index (χ4v) is 4.31. The molecule has 8 heteroatoms. The first-order chi connectivity index (χ1) is 12.3. The molecule has 1 aromatic heterocycles. The van der Waals surface area contributed by atoms with Crippen molar-refractivity contribution in [2.24, 2.45) is 11.1 Å². The lowest BCUT2D eigenvalue weighted by molar-refractivity contribution is 0.0536. The second-order valence-electron chi connectivity index (χ2n) is 7.50. The van der Waals surface area contributed by atoms with E-state index in [0.29, 0.717) is 19.7 Å². The molecule has 1 aliphatic rings. The molecule has 2 heterocycles. The maximum Gasteiger partial charge on any atom is 0.265 e. The van der Waals surface area contributed by atoms with Gasteiger partial charge in [-0.3, -0.25) is 4.79 Å². The van der Waals surface area contributed by atoms with Gasteiger partial charge in [0.2, 0.25) is 0 Å². The van der Waals surface area contributed by atoms with Crippen LogP contribution in [-0.2, 0) is 0 Å². The Labute approximate surface area is 183 Å². The number of nitrogens with zero attached hydrogens (tertiary/aromatic N) is 2. The quantitative estimate of drug-likeness (QED) is 0.748. The molecule has 1 saturated heterocycles. The topological polar surface area (TPSA) is 68.5 Å². The van der Waals surface area contributed by atoms with E-state index in [4.69, 9.17) is 10.5 Å². The first kappa shape index (κ1) is 24.7. The van der Waals surface area contributed by atoms with Crippen LogP contribution in [-0.4, -0.2) is 41.5 Å². The van der Waals surface area contributed by atoms with Crippen molar-refractivity contribution >= 4 is 42.1 Å². The summed E-state index contributed by atoms with van der Waals surface area (Å²) in [6.07, 6.45) is 0.836. The van der Waals surface area contributed by atoms with Crippen LogP contribution in [0.25, 0.3) is 10.6 Å². The predicted molar refractivity (Wildman–Crippen MR) is 120 cm³/mol. The molecule has 0 saturated carbocycles. The molecule has 28 heavy (non-hydrogen) atoms. The average molecular weight is 446 g/mol. The van der Waals surface area contributed by atoms with Crippen LogP contribution < -0.4 is 10.5 Å².